The van der Waals surface area contributed by atoms with E-state index in [1.54, 1.807) is 6.07 Å². The lowest BCUT2D eigenvalue weighted by Crippen LogP contribution is -2.08. The van der Waals surface area contributed by atoms with Gasteiger partial charge in [-0.3, -0.25) is 5.41 Å². The minimum absolute atomic E-state index is 0.0535. The SMILES string of the molecule is CC(C)Oc1ccc(Cl)c2cc(C(=N)N)sc12. The Balaban J connectivity index is 2.62. The molecule has 2 rings (SSSR count). The minimum atomic E-state index is 0.0535. The zero-order valence-electron chi connectivity index (χ0n) is 9.58. The molecule has 0 aliphatic rings. The quantitative estimate of drug-likeness (QED) is 0.660. The van der Waals surface area contributed by atoms with Gasteiger partial charge in [0.1, 0.15) is 11.6 Å². The third-order valence-electron chi connectivity index (χ3n) is 2.22. The molecule has 5 heteroatoms. The summed E-state index contributed by atoms with van der Waals surface area (Å²) in [5.41, 5.74) is 5.49. The zero-order valence-corrected chi connectivity index (χ0v) is 11.2. The molecule has 0 radical (unpaired) electrons. The molecule has 0 saturated carbocycles. The molecular weight excluding hydrogens is 256 g/mol. The van der Waals surface area contributed by atoms with Crippen LogP contribution in [0.2, 0.25) is 5.02 Å². The highest BCUT2D eigenvalue weighted by Gasteiger charge is 2.12. The van der Waals surface area contributed by atoms with E-state index in [0.29, 0.717) is 9.90 Å². The predicted octanol–water partition coefficient (Wildman–Crippen LogP) is 3.63. The highest BCUT2D eigenvalue weighted by molar-refractivity contribution is 7.21. The van der Waals surface area contributed by atoms with Gasteiger partial charge in [-0.05, 0) is 32.0 Å². The predicted molar refractivity (Wildman–Crippen MR) is 73.6 cm³/mol. The standard InChI is InChI=1S/C12H13ClN2OS/c1-6(2)16-9-4-3-8(13)7-5-10(12(14)15)17-11(7)9/h3-6H,1-2H3,(H3,14,15). The van der Waals surface area contributed by atoms with Crippen molar-refractivity contribution in [3.8, 4) is 5.75 Å². The Labute approximate surface area is 109 Å². The molecule has 3 N–H and O–H groups in total. The van der Waals surface area contributed by atoms with Crippen LogP contribution < -0.4 is 10.5 Å². The van der Waals surface area contributed by atoms with Crippen molar-refractivity contribution >= 4 is 38.9 Å². The lowest BCUT2D eigenvalue weighted by atomic mass is 10.2. The van der Waals surface area contributed by atoms with Crippen molar-refractivity contribution in [3.63, 3.8) is 0 Å². The Bertz CT molecular complexity index is 577. The van der Waals surface area contributed by atoms with Crippen molar-refractivity contribution in [2.45, 2.75) is 20.0 Å². The van der Waals surface area contributed by atoms with Crippen molar-refractivity contribution < 1.29 is 4.74 Å². The van der Waals surface area contributed by atoms with E-state index in [9.17, 15) is 0 Å². The van der Waals surface area contributed by atoms with Gasteiger partial charge in [0, 0.05) is 10.4 Å². The molecule has 0 saturated heterocycles. The highest BCUT2D eigenvalue weighted by Crippen LogP contribution is 2.38. The van der Waals surface area contributed by atoms with E-state index in [0.717, 1.165) is 15.8 Å². The van der Waals surface area contributed by atoms with E-state index in [1.807, 2.05) is 26.0 Å². The summed E-state index contributed by atoms with van der Waals surface area (Å²) < 4.78 is 6.66. The van der Waals surface area contributed by atoms with Crippen LogP contribution in [0.4, 0.5) is 0 Å². The number of amidine groups is 1. The number of hydrogen-bond donors (Lipinski definition) is 2. The fourth-order valence-electron chi connectivity index (χ4n) is 1.55. The Morgan fingerprint density at radius 3 is 2.76 bits per heavy atom. The van der Waals surface area contributed by atoms with Gasteiger partial charge >= 0.3 is 0 Å². The molecule has 3 nitrogen and oxygen atoms in total. The monoisotopic (exact) mass is 268 g/mol. The summed E-state index contributed by atoms with van der Waals surface area (Å²) in [5, 5.41) is 9.00. The van der Waals surface area contributed by atoms with Crippen LogP contribution >= 0.6 is 22.9 Å². The minimum Gasteiger partial charge on any atom is -0.490 e. The fourth-order valence-corrected chi connectivity index (χ4v) is 2.82. The van der Waals surface area contributed by atoms with Gasteiger partial charge in [-0.25, -0.2) is 0 Å². The molecule has 1 aromatic carbocycles. The maximum Gasteiger partial charge on any atom is 0.137 e. The van der Waals surface area contributed by atoms with Crippen molar-refractivity contribution in [1.29, 1.82) is 5.41 Å². The largest absolute Gasteiger partial charge is 0.490 e. The summed E-state index contributed by atoms with van der Waals surface area (Å²) in [5.74, 6) is 0.842. The second kappa shape index (κ2) is 4.55. The first-order valence-electron chi connectivity index (χ1n) is 5.22. The third-order valence-corrected chi connectivity index (χ3v) is 3.73. The van der Waals surface area contributed by atoms with Crippen LogP contribution in [0, 0.1) is 5.41 Å². The average molecular weight is 269 g/mol. The van der Waals surface area contributed by atoms with Crippen LogP contribution in [0.25, 0.3) is 10.1 Å². The van der Waals surface area contributed by atoms with Crippen LogP contribution in [-0.4, -0.2) is 11.9 Å². The Hall–Kier alpha value is -1.26. The van der Waals surface area contributed by atoms with Gasteiger partial charge in [-0.2, -0.15) is 0 Å². The summed E-state index contributed by atoms with van der Waals surface area (Å²) in [6.45, 7) is 3.94. The van der Waals surface area contributed by atoms with Crippen LogP contribution in [-0.2, 0) is 0 Å². The molecule has 0 unspecified atom stereocenters. The van der Waals surface area contributed by atoms with Crippen molar-refractivity contribution in [2.24, 2.45) is 5.73 Å². The molecule has 17 heavy (non-hydrogen) atoms. The molecule has 1 aromatic heterocycles. The number of hydrogen-bond acceptors (Lipinski definition) is 3. The summed E-state index contributed by atoms with van der Waals surface area (Å²) in [6.07, 6.45) is 0.0993. The normalized spacial score (nSPS) is 11.1. The van der Waals surface area contributed by atoms with Gasteiger partial charge in [-0.15, -0.1) is 11.3 Å². The molecule has 1 heterocycles. The van der Waals surface area contributed by atoms with Crippen LogP contribution in [0.3, 0.4) is 0 Å². The number of nitrogens with one attached hydrogen (secondary N) is 1. The van der Waals surface area contributed by atoms with Crippen LogP contribution in [0.15, 0.2) is 18.2 Å². The van der Waals surface area contributed by atoms with Gasteiger partial charge in [0.25, 0.3) is 0 Å². The van der Waals surface area contributed by atoms with Gasteiger partial charge < -0.3 is 10.5 Å². The van der Waals surface area contributed by atoms with Crippen molar-refractivity contribution in [3.05, 3.63) is 28.1 Å². The van der Waals surface area contributed by atoms with Gasteiger partial charge in [0.15, 0.2) is 0 Å². The smallest absolute Gasteiger partial charge is 0.137 e. The second-order valence-corrected chi connectivity index (χ2v) is 5.44. The maximum absolute atomic E-state index is 7.45. The lowest BCUT2D eigenvalue weighted by molar-refractivity contribution is 0.246. The summed E-state index contributed by atoms with van der Waals surface area (Å²) in [6, 6.07) is 5.49. The summed E-state index contributed by atoms with van der Waals surface area (Å²) in [7, 11) is 0. The van der Waals surface area contributed by atoms with E-state index in [2.05, 4.69) is 0 Å². The Morgan fingerprint density at radius 1 is 1.47 bits per heavy atom. The van der Waals surface area contributed by atoms with Crippen LogP contribution in [0.5, 0.6) is 5.75 Å². The Morgan fingerprint density at radius 2 is 2.18 bits per heavy atom. The molecule has 0 aliphatic carbocycles. The number of nitrogen functional groups attached to an aromatic ring is 1. The molecule has 0 fully saturated rings. The molecule has 0 aliphatic heterocycles. The first-order valence-corrected chi connectivity index (χ1v) is 6.41. The number of fused-ring (bicyclic) bond motifs is 1. The van der Waals surface area contributed by atoms with Gasteiger partial charge in [0.05, 0.1) is 15.7 Å². The Kier molecular flexibility index (Phi) is 3.26. The molecule has 0 atom stereocenters. The molecular formula is C12H13ClN2OS. The van der Waals surface area contributed by atoms with E-state index < -0.39 is 0 Å². The lowest BCUT2D eigenvalue weighted by Gasteiger charge is -2.10. The fraction of sp³-hybridized carbons (Fsp3) is 0.250. The average Bonchev–Trinajstić information content (AvgIpc) is 2.67. The zero-order chi connectivity index (χ0) is 12.6. The first-order chi connectivity index (χ1) is 7.99. The van der Waals surface area contributed by atoms with Crippen molar-refractivity contribution in [2.75, 3.05) is 0 Å². The summed E-state index contributed by atoms with van der Waals surface area (Å²) >= 11 is 7.55. The van der Waals surface area contributed by atoms with Gasteiger partial charge in [0.2, 0.25) is 0 Å². The molecule has 0 spiro atoms. The topological polar surface area (TPSA) is 59.1 Å². The molecule has 90 valence electrons. The number of halogens is 1. The number of ether oxygens (including phenoxy) is 1. The van der Waals surface area contributed by atoms with Gasteiger partial charge in [-0.1, -0.05) is 11.6 Å². The first kappa shape index (κ1) is 12.2. The summed E-state index contributed by atoms with van der Waals surface area (Å²) in [4.78, 5) is 0.710. The molecule has 2 aromatic rings. The van der Waals surface area contributed by atoms with Crippen molar-refractivity contribution in [1.82, 2.24) is 0 Å². The van der Waals surface area contributed by atoms with E-state index >= 15 is 0 Å². The molecule has 0 amide bonds. The number of rotatable bonds is 3. The van der Waals surface area contributed by atoms with E-state index in [4.69, 9.17) is 27.5 Å². The number of nitrogens with two attached hydrogens (primary N) is 1. The number of benzene rings is 1. The van der Waals surface area contributed by atoms with E-state index in [-0.39, 0.29) is 11.9 Å². The second-order valence-electron chi connectivity index (χ2n) is 3.98. The third kappa shape index (κ3) is 2.37. The maximum atomic E-state index is 7.45. The van der Waals surface area contributed by atoms with E-state index in [1.165, 1.54) is 11.3 Å². The molecule has 0 bridgehead atoms. The highest BCUT2D eigenvalue weighted by atomic mass is 35.5. The number of thiophene rings is 1. The van der Waals surface area contributed by atoms with Crippen LogP contribution in [0.1, 0.15) is 18.7 Å².